The van der Waals surface area contributed by atoms with Gasteiger partial charge in [0.15, 0.2) is 0 Å². The number of halogens is 1. The first kappa shape index (κ1) is 12.2. The van der Waals surface area contributed by atoms with E-state index in [1.165, 1.54) is 12.1 Å². The number of carbonyl (C=O) groups excluding carboxylic acids is 1. The largest absolute Gasteiger partial charge is 0.396 e. The van der Waals surface area contributed by atoms with Gasteiger partial charge in [0.25, 0.3) is 5.91 Å². The third-order valence-corrected chi connectivity index (χ3v) is 4.01. The number of nitrogen functional groups attached to an aromatic ring is 1. The fraction of sp³-hybridized carbons (Fsp3) is 0.417. The molecule has 0 bridgehead atoms. The molecule has 1 aliphatic rings. The molecule has 5 heteroatoms. The Morgan fingerprint density at radius 2 is 2.35 bits per heavy atom. The second kappa shape index (κ2) is 5.40. The van der Waals surface area contributed by atoms with Crippen molar-refractivity contribution in [2.45, 2.75) is 18.9 Å². The van der Waals surface area contributed by atoms with Crippen molar-refractivity contribution in [1.82, 2.24) is 5.32 Å². The normalized spacial score (nSPS) is 19.9. The highest BCUT2D eigenvalue weighted by atomic mass is 32.2. The molecule has 0 saturated carbocycles. The lowest BCUT2D eigenvalue weighted by Gasteiger charge is -2.22. The number of benzene rings is 1. The molecule has 1 unspecified atom stereocenters. The zero-order valence-electron chi connectivity index (χ0n) is 9.41. The van der Waals surface area contributed by atoms with Crippen LogP contribution in [0, 0.1) is 5.82 Å². The molecule has 3 nitrogen and oxygen atoms in total. The first-order valence-corrected chi connectivity index (χ1v) is 6.76. The summed E-state index contributed by atoms with van der Waals surface area (Å²) in [7, 11) is 0. The van der Waals surface area contributed by atoms with Crippen molar-refractivity contribution < 1.29 is 9.18 Å². The van der Waals surface area contributed by atoms with E-state index in [0.717, 1.165) is 24.3 Å². The number of hydrogen-bond acceptors (Lipinski definition) is 3. The Hall–Kier alpha value is -1.23. The van der Waals surface area contributed by atoms with Gasteiger partial charge >= 0.3 is 0 Å². The van der Waals surface area contributed by atoms with Crippen molar-refractivity contribution >= 4 is 23.4 Å². The Kier molecular flexibility index (Phi) is 3.89. The molecular formula is C12H15FN2OS. The van der Waals surface area contributed by atoms with E-state index in [1.807, 2.05) is 11.8 Å². The van der Waals surface area contributed by atoms with Gasteiger partial charge in [-0.3, -0.25) is 4.79 Å². The van der Waals surface area contributed by atoms with E-state index in [0.29, 0.717) is 0 Å². The van der Waals surface area contributed by atoms with Crippen LogP contribution in [0.25, 0.3) is 0 Å². The summed E-state index contributed by atoms with van der Waals surface area (Å²) in [4.78, 5) is 11.9. The first-order chi connectivity index (χ1) is 8.18. The molecule has 0 spiro atoms. The predicted molar refractivity (Wildman–Crippen MR) is 68.6 cm³/mol. The molecule has 3 N–H and O–H groups in total. The number of rotatable bonds is 2. The Morgan fingerprint density at radius 1 is 1.53 bits per heavy atom. The maximum atomic E-state index is 13.2. The minimum atomic E-state index is -0.546. The van der Waals surface area contributed by atoms with Crippen molar-refractivity contribution in [3.63, 3.8) is 0 Å². The van der Waals surface area contributed by atoms with Gasteiger partial charge in [0, 0.05) is 11.8 Å². The molecule has 92 valence electrons. The molecule has 1 fully saturated rings. The molecule has 17 heavy (non-hydrogen) atoms. The summed E-state index contributed by atoms with van der Waals surface area (Å²) in [6.45, 7) is 0. The van der Waals surface area contributed by atoms with Crippen LogP contribution in [0.3, 0.4) is 0 Å². The summed E-state index contributed by atoms with van der Waals surface area (Å²) in [6.07, 6.45) is 2.09. The van der Waals surface area contributed by atoms with Crippen molar-refractivity contribution in [2.75, 3.05) is 17.2 Å². The van der Waals surface area contributed by atoms with Crippen molar-refractivity contribution in [3.8, 4) is 0 Å². The second-order valence-electron chi connectivity index (χ2n) is 4.09. The van der Waals surface area contributed by atoms with Crippen LogP contribution in [0.2, 0.25) is 0 Å². The third kappa shape index (κ3) is 2.91. The maximum absolute atomic E-state index is 13.2. The Labute approximate surface area is 104 Å². The first-order valence-electron chi connectivity index (χ1n) is 5.61. The molecule has 2 rings (SSSR count). The molecule has 1 aromatic carbocycles. The van der Waals surface area contributed by atoms with Crippen LogP contribution < -0.4 is 11.1 Å². The molecule has 1 atom stereocenters. The fourth-order valence-corrected chi connectivity index (χ4v) is 2.92. The molecular weight excluding hydrogens is 239 g/mol. The van der Waals surface area contributed by atoms with Crippen LogP contribution in [0.4, 0.5) is 10.1 Å². The lowest BCUT2D eigenvalue weighted by atomic mass is 10.1. The van der Waals surface area contributed by atoms with E-state index in [9.17, 15) is 9.18 Å². The number of anilines is 1. The number of para-hydroxylation sites is 1. The highest BCUT2D eigenvalue weighted by Gasteiger charge is 2.19. The van der Waals surface area contributed by atoms with E-state index in [4.69, 9.17) is 5.73 Å². The van der Waals surface area contributed by atoms with Gasteiger partial charge in [0.1, 0.15) is 5.82 Å². The molecule has 0 radical (unpaired) electrons. The predicted octanol–water partition coefficient (Wildman–Crippen LogP) is 2.03. The average molecular weight is 254 g/mol. The van der Waals surface area contributed by atoms with Gasteiger partial charge in [-0.15, -0.1) is 0 Å². The summed E-state index contributed by atoms with van der Waals surface area (Å²) in [5.41, 5.74) is 5.69. The highest BCUT2D eigenvalue weighted by Crippen LogP contribution is 2.19. The quantitative estimate of drug-likeness (QED) is 0.794. The van der Waals surface area contributed by atoms with Crippen LogP contribution in [-0.4, -0.2) is 23.5 Å². The second-order valence-corrected chi connectivity index (χ2v) is 5.24. The van der Waals surface area contributed by atoms with Gasteiger partial charge < -0.3 is 11.1 Å². The molecule has 1 heterocycles. The van der Waals surface area contributed by atoms with Gasteiger partial charge in [-0.25, -0.2) is 4.39 Å². The minimum Gasteiger partial charge on any atom is -0.396 e. The van der Waals surface area contributed by atoms with Gasteiger partial charge in [-0.05, 0) is 30.7 Å². The Bertz CT molecular complexity index is 419. The maximum Gasteiger partial charge on any atom is 0.253 e. The lowest BCUT2D eigenvalue weighted by molar-refractivity contribution is 0.0939. The molecule has 1 amide bonds. The third-order valence-electron chi connectivity index (χ3n) is 2.79. The zero-order valence-corrected chi connectivity index (χ0v) is 10.2. The summed E-state index contributed by atoms with van der Waals surface area (Å²) in [5, 5.41) is 2.90. The van der Waals surface area contributed by atoms with Gasteiger partial charge in [-0.1, -0.05) is 6.07 Å². The molecule has 1 saturated heterocycles. The standard InChI is InChI=1S/C12H15FN2OS/c13-10-5-1-4-9(11(10)14)12(16)15-8-3-2-6-17-7-8/h1,4-5,8H,2-3,6-7,14H2,(H,15,16). The number of amides is 1. The molecule has 0 aliphatic carbocycles. The number of nitrogens with two attached hydrogens (primary N) is 1. The number of thioether (sulfide) groups is 1. The summed E-state index contributed by atoms with van der Waals surface area (Å²) in [6, 6.07) is 4.46. The fourth-order valence-electron chi connectivity index (χ4n) is 1.85. The van der Waals surface area contributed by atoms with E-state index >= 15 is 0 Å². The van der Waals surface area contributed by atoms with Gasteiger partial charge in [0.2, 0.25) is 0 Å². The Morgan fingerprint density at radius 3 is 3.06 bits per heavy atom. The van der Waals surface area contributed by atoms with Crippen molar-refractivity contribution in [3.05, 3.63) is 29.6 Å². The monoisotopic (exact) mass is 254 g/mol. The van der Waals surface area contributed by atoms with Gasteiger partial charge in [0.05, 0.1) is 11.3 Å². The number of carbonyl (C=O) groups is 1. The van der Waals surface area contributed by atoms with Crippen LogP contribution in [-0.2, 0) is 0 Å². The summed E-state index contributed by atoms with van der Waals surface area (Å²) < 4.78 is 13.2. The van der Waals surface area contributed by atoms with Crippen LogP contribution in [0.1, 0.15) is 23.2 Å². The van der Waals surface area contributed by atoms with Crippen LogP contribution in [0.5, 0.6) is 0 Å². The van der Waals surface area contributed by atoms with E-state index in [1.54, 1.807) is 6.07 Å². The highest BCUT2D eigenvalue weighted by molar-refractivity contribution is 7.99. The lowest BCUT2D eigenvalue weighted by Crippen LogP contribution is -2.38. The topological polar surface area (TPSA) is 55.1 Å². The minimum absolute atomic E-state index is 0.0755. The van der Waals surface area contributed by atoms with E-state index < -0.39 is 5.82 Å². The zero-order chi connectivity index (χ0) is 12.3. The number of hydrogen-bond donors (Lipinski definition) is 2. The van der Waals surface area contributed by atoms with Crippen molar-refractivity contribution in [2.24, 2.45) is 0 Å². The Balaban J connectivity index is 2.06. The van der Waals surface area contributed by atoms with Crippen LogP contribution in [0.15, 0.2) is 18.2 Å². The van der Waals surface area contributed by atoms with E-state index in [-0.39, 0.29) is 23.2 Å². The smallest absolute Gasteiger partial charge is 0.253 e. The molecule has 1 aromatic rings. The average Bonchev–Trinajstić information content (AvgIpc) is 2.34. The van der Waals surface area contributed by atoms with Gasteiger partial charge in [-0.2, -0.15) is 11.8 Å². The summed E-state index contributed by atoms with van der Waals surface area (Å²) in [5.74, 6) is 1.24. The summed E-state index contributed by atoms with van der Waals surface area (Å²) >= 11 is 1.83. The van der Waals surface area contributed by atoms with E-state index in [2.05, 4.69) is 5.32 Å². The van der Waals surface area contributed by atoms with Crippen molar-refractivity contribution in [1.29, 1.82) is 0 Å². The molecule has 0 aromatic heterocycles. The molecule has 1 aliphatic heterocycles. The SMILES string of the molecule is Nc1c(F)cccc1C(=O)NC1CCCSC1. The number of nitrogens with one attached hydrogen (secondary N) is 1. The van der Waals surface area contributed by atoms with Crippen LogP contribution >= 0.6 is 11.8 Å².